The van der Waals surface area contributed by atoms with Crippen molar-refractivity contribution < 1.29 is 18.0 Å². The predicted molar refractivity (Wildman–Crippen MR) is 109 cm³/mol. The number of anilines is 1. The first kappa shape index (κ1) is 21.5. The molecule has 154 valence electrons. The second-order valence-corrected chi connectivity index (χ2v) is 7.71. The number of nitrogens with zero attached hydrogens (tertiary/aromatic N) is 3. The number of imidazole rings is 1. The summed E-state index contributed by atoms with van der Waals surface area (Å²) < 4.78 is 40.6. The Balaban J connectivity index is 1.84. The van der Waals surface area contributed by atoms with Gasteiger partial charge in [0.1, 0.15) is 12.6 Å². The van der Waals surface area contributed by atoms with Crippen molar-refractivity contribution in [3.05, 3.63) is 66.4 Å². The summed E-state index contributed by atoms with van der Waals surface area (Å²) in [6, 6.07) is 17.1. The van der Waals surface area contributed by atoms with Crippen LogP contribution in [0, 0.1) is 11.3 Å². The van der Waals surface area contributed by atoms with Crippen molar-refractivity contribution in [2.45, 2.75) is 30.1 Å². The molecule has 9 heteroatoms. The highest BCUT2D eigenvalue weighted by molar-refractivity contribution is 8.00. The second-order valence-electron chi connectivity index (χ2n) is 6.40. The van der Waals surface area contributed by atoms with Crippen LogP contribution in [0.2, 0.25) is 0 Å². The van der Waals surface area contributed by atoms with Crippen molar-refractivity contribution in [3.8, 4) is 17.3 Å². The van der Waals surface area contributed by atoms with Crippen LogP contribution in [0.4, 0.5) is 18.9 Å². The van der Waals surface area contributed by atoms with Crippen LogP contribution < -0.4 is 5.32 Å². The first-order chi connectivity index (χ1) is 14.3. The van der Waals surface area contributed by atoms with E-state index in [9.17, 15) is 18.0 Å². The van der Waals surface area contributed by atoms with Crippen LogP contribution in [-0.4, -0.2) is 26.9 Å². The zero-order valence-electron chi connectivity index (χ0n) is 15.8. The van der Waals surface area contributed by atoms with Gasteiger partial charge in [0.25, 0.3) is 0 Å². The summed E-state index contributed by atoms with van der Waals surface area (Å²) in [6.07, 6.45) is -3.07. The first-order valence-corrected chi connectivity index (χ1v) is 9.81. The van der Waals surface area contributed by atoms with Crippen LogP contribution in [0.1, 0.15) is 12.5 Å². The Labute approximate surface area is 175 Å². The Morgan fingerprint density at radius 1 is 1.20 bits per heavy atom. The van der Waals surface area contributed by atoms with E-state index >= 15 is 0 Å². The first-order valence-electron chi connectivity index (χ1n) is 8.93. The van der Waals surface area contributed by atoms with Crippen LogP contribution in [0.15, 0.2) is 66.0 Å². The van der Waals surface area contributed by atoms with Gasteiger partial charge in [-0.05, 0) is 24.6 Å². The van der Waals surface area contributed by atoms with Crippen LogP contribution in [0.25, 0.3) is 11.3 Å². The largest absolute Gasteiger partial charge is 0.406 e. The number of thioether (sulfide) groups is 1. The normalized spacial score (nSPS) is 12.2. The van der Waals surface area contributed by atoms with Crippen molar-refractivity contribution in [1.82, 2.24) is 9.55 Å². The topological polar surface area (TPSA) is 70.7 Å². The zero-order chi connectivity index (χ0) is 21.7. The van der Waals surface area contributed by atoms with Gasteiger partial charge < -0.3 is 9.88 Å². The van der Waals surface area contributed by atoms with Gasteiger partial charge in [0, 0.05) is 0 Å². The standard InChI is InChI=1S/C21H17F3N4OS/c1-14(19(29)27-17-10-6-5-9-16(17)11-25)30-20-26-12-18(15-7-3-2-4-8-15)28(20)13-21(22,23)24/h2-10,12,14H,13H2,1H3,(H,27,29). The lowest BCUT2D eigenvalue weighted by Crippen LogP contribution is -2.24. The number of para-hydroxylation sites is 1. The summed E-state index contributed by atoms with van der Waals surface area (Å²) in [5.74, 6) is -0.439. The van der Waals surface area contributed by atoms with Gasteiger partial charge in [-0.2, -0.15) is 18.4 Å². The third kappa shape index (κ3) is 5.21. The van der Waals surface area contributed by atoms with Crippen molar-refractivity contribution in [3.63, 3.8) is 0 Å². The summed E-state index contributed by atoms with van der Waals surface area (Å²) in [7, 11) is 0. The summed E-state index contributed by atoms with van der Waals surface area (Å²) >= 11 is 0.924. The molecule has 2 aromatic carbocycles. The number of aromatic nitrogens is 2. The third-order valence-corrected chi connectivity index (χ3v) is 5.29. The summed E-state index contributed by atoms with van der Waals surface area (Å²) in [5, 5.41) is 11.1. The molecule has 0 saturated heterocycles. The Bertz CT molecular complexity index is 1070. The molecule has 0 fully saturated rings. The average molecular weight is 430 g/mol. The highest BCUT2D eigenvalue weighted by atomic mass is 32.2. The molecule has 1 heterocycles. The van der Waals surface area contributed by atoms with Gasteiger partial charge >= 0.3 is 6.18 Å². The van der Waals surface area contributed by atoms with E-state index in [2.05, 4.69) is 10.3 Å². The number of rotatable bonds is 6. The lowest BCUT2D eigenvalue weighted by atomic mass is 10.2. The SMILES string of the molecule is CC(Sc1ncc(-c2ccccc2)n1CC(F)(F)F)C(=O)Nc1ccccc1C#N. The maximum Gasteiger partial charge on any atom is 0.406 e. The average Bonchev–Trinajstić information content (AvgIpc) is 3.09. The summed E-state index contributed by atoms with van der Waals surface area (Å²) in [5.41, 5.74) is 1.56. The van der Waals surface area contributed by atoms with Crippen LogP contribution in [0.5, 0.6) is 0 Å². The fourth-order valence-corrected chi connectivity index (χ4v) is 3.65. The van der Waals surface area contributed by atoms with Gasteiger partial charge in [-0.15, -0.1) is 0 Å². The predicted octanol–water partition coefficient (Wildman–Crippen LogP) is 5.10. The van der Waals surface area contributed by atoms with Crippen molar-refractivity contribution in [2.75, 3.05) is 5.32 Å². The maximum atomic E-state index is 13.2. The summed E-state index contributed by atoms with van der Waals surface area (Å²) in [4.78, 5) is 16.7. The zero-order valence-corrected chi connectivity index (χ0v) is 16.7. The molecule has 1 amide bonds. The second kappa shape index (κ2) is 9.05. The quantitative estimate of drug-likeness (QED) is 0.552. The molecule has 0 aliphatic rings. The van der Waals surface area contributed by atoms with E-state index in [0.29, 0.717) is 22.5 Å². The minimum atomic E-state index is -4.45. The van der Waals surface area contributed by atoms with E-state index in [1.54, 1.807) is 61.5 Å². The number of hydrogen-bond donors (Lipinski definition) is 1. The maximum absolute atomic E-state index is 13.2. The molecule has 0 aliphatic heterocycles. The van der Waals surface area contributed by atoms with Gasteiger partial charge in [-0.25, -0.2) is 4.98 Å². The summed E-state index contributed by atoms with van der Waals surface area (Å²) in [6.45, 7) is 0.356. The van der Waals surface area contributed by atoms with Gasteiger partial charge in [0.05, 0.1) is 28.4 Å². The van der Waals surface area contributed by atoms with Gasteiger partial charge in [-0.1, -0.05) is 54.2 Å². The minimum Gasteiger partial charge on any atom is -0.324 e. The van der Waals surface area contributed by atoms with Gasteiger partial charge in [0.2, 0.25) is 5.91 Å². The Hall–Kier alpha value is -3.25. The molecule has 3 rings (SSSR count). The fraction of sp³-hybridized carbons (Fsp3) is 0.190. The fourth-order valence-electron chi connectivity index (χ4n) is 2.76. The van der Waals surface area contributed by atoms with Crippen molar-refractivity contribution in [2.24, 2.45) is 0 Å². The molecular weight excluding hydrogens is 413 g/mol. The van der Waals surface area contributed by atoms with E-state index in [1.165, 1.54) is 6.20 Å². The Morgan fingerprint density at radius 3 is 2.53 bits per heavy atom. The molecule has 3 aromatic rings. The lowest BCUT2D eigenvalue weighted by molar-refractivity contribution is -0.141. The molecule has 1 atom stereocenters. The highest BCUT2D eigenvalue weighted by Crippen LogP contribution is 2.32. The molecule has 30 heavy (non-hydrogen) atoms. The molecule has 0 aliphatic carbocycles. The molecular formula is C21H17F3N4OS. The van der Waals surface area contributed by atoms with Crippen LogP contribution >= 0.6 is 11.8 Å². The van der Waals surface area contributed by atoms with Crippen molar-refractivity contribution >= 4 is 23.4 Å². The van der Waals surface area contributed by atoms with E-state index in [-0.39, 0.29) is 5.16 Å². The number of amides is 1. The van der Waals surface area contributed by atoms with Crippen LogP contribution in [-0.2, 0) is 11.3 Å². The number of nitrogens with one attached hydrogen (secondary N) is 1. The van der Waals surface area contributed by atoms with E-state index < -0.39 is 23.9 Å². The number of nitriles is 1. The number of benzene rings is 2. The molecule has 1 unspecified atom stereocenters. The molecule has 1 N–H and O–H groups in total. The molecule has 0 bridgehead atoms. The van der Waals surface area contributed by atoms with E-state index in [1.807, 2.05) is 6.07 Å². The number of halogens is 3. The van der Waals surface area contributed by atoms with Crippen molar-refractivity contribution in [1.29, 1.82) is 5.26 Å². The van der Waals surface area contributed by atoms with Gasteiger partial charge in [0.15, 0.2) is 5.16 Å². The molecule has 0 spiro atoms. The molecule has 0 radical (unpaired) electrons. The number of alkyl halides is 3. The van der Waals surface area contributed by atoms with Gasteiger partial charge in [-0.3, -0.25) is 4.79 Å². The lowest BCUT2D eigenvalue weighted by Gasteiger charge is -2.16. The van der Waals surface area contributed by atoms with E-state index in [4.69, 9.17) is 5.26 Å². The number of carbonyl (C=O) groups excluding carboxylic acids is 1. The molecule has 0 saturated carbocycles. The smallest absolute Gasteiger partial charge is 0.324 e. The number of hydrogen-bond acceptors (Lipinski definition) is 4. The Kier molecular flexibility index (Phi) is 6.47. The number of carbonyl (C=O) groups is 1. The van der Waals surface area contributed by atoms with E-state index in [0.717, 1.165) is 16.3 Å². The highest BCUT2D eigenvalue weighted by Gasteiger charge is 2.31. The monoisotopic (exact) mass is 430 g/mol. The molecule has 5 nitrogen and oxygen atoms in total. The third-order valence-electron chi connectivity index (χ3n) is 4.18. The Morgan fingerprint density at radius 2 is 1.87 bits per heavy atom. The minimum absolute atomic E-state index is 0.0856. The molecule has 1 aromatic heterocycles. The van der Waals surface area contributed by atoms with Crippen LogP contribution in [0.3, 0.4) is 0 Å².